The molecule has 0 atom stereocenters. The molecule has 0 radical (unpaired) electrons. The van der Waals surface area contributed by atoms with Crippen LogP contribution in [-0.2, 0) is 12.0 Å². The van der Waals surface area contributed by atoms with E-state index < -0.39 is 0 Å². The molecule has 0 saturated heterocycles. The van der Waals surface area contributed by atoms with Crippen LogP contribution >= 0.6 is 24.0 Å². The van der Waals surface area contributed by atoms with Crippen LogP contribution in [0, 0.1) is 5.82 Å². The number of nitrogens with one attached hydrogen (secondary N) is 1. The molecule has 1 aliphatic carbocycles. The van der Waals surface area contributed by atoms with Gasteiger partial charge < -0.3 is 14.7 Å². The van der Waals surface area contributed by atoms with Gasteiger partial charge in [0.1, 0.15) is 17.8 Å². The Bertz CT molecular complexity index is 668. The quantitative estimate of drug-likeness (QED) is 0.438. The summed E-state index contributed by atoms with van der Waals surface area (Å²) in [5.41, 5.74) is 2.13. The zero-order chi connectivity index (χ0) is 16.3. The van der Waals surface area contributed by atoms with Gasteiger partial charge in [-0.2, -0.15) is 0 Å². The summed E-state index contributed by atoms with van der Waals surface area (Å²) < 4.78 is 17.9. The van der Waals surface area contributed by atoms with Gasteiger partial charge >= 0.3 is 0 Å². The van der Waals surface area contributed by atoms with Crippen LogP contribution in [0.2, 0.25) is 0 Å². The summed E-state index contributed by atoms with van der Waals surface area (Å²) in [6, 6.07) is 8.66. The molecule has 1 aromatic heterocycles. The molecule has 0 aliphatic heterocycles. The summed E-state index contributed by atoms with van der Waals surface area (Å²) in [6.45, 7) is 1.41. The van der Waals surface area contributed by atoms with Crippen molar-refractivity contribution in [1.29, 1.82) is 0 Å². The molecule has 3 rings (SSSR count). The molecule has 1 aliphatic rings. The molecule has 0 bridgehead atoms. The Morgan fingerprint density at radius 2 is 2.04 bits per heavy atom. The first-order valence-corrected chi connectivity index (χ1v) is 7.70. The van der Waals surface area contributed by atoms with E-state index in [2.05, 4.69) is 15.5 Å². The predicted molar refractivity (Wildman–Crippen MR) is 102 cm³/mol. The summed E-state index contributed by atoms with van der Waals surface area (Å²) in [7, 11) is 3.72. The van der Waals surface area contributed by atoms with Crippen LogP contribution in [0.15, 0.2) is 46.1 Å². The highest BCUT2D eigenvalue weighted by Crippen LogP contribution is 2.47. The van der Waals surface area contributed by atoms with Crippen LogP contribution in [0.4, 0.5) is 4.39 Å². The lowest BCUT2D eigenvalue weighted by Crippen LogP contribution is -2.42. The molecule has 1 aromatic carbocycles. The number of rotatable bonds is 5. The highest BCUT2D eigenvalue weighted by Gasteiger charge is 2.44. The molecule has 5 nitrogen and oxygen atoms in total. The van der Waals surface area contributed by atoms with E-state index in [1.165, 1.54) is 17.7 Å². The van der Waals surface area contributed by atoms with Gasteiger partial charge in [0, 0.05) is 32.1 Å². The SMILES string of the molecule is CN=C(NCC1(c2ccc(F)cc2)CC1)N(C)Cc1ccon1.I. The van der Waals surface area contributed by atoms with Gasteiger partial charge in [0.05, 0.1) is 6.54 Å². The molecule has 0 spiro atoms. The Labute approximate surface area is 158 Å². The molecule has 1 heterocycles. The minimum atomic E-state index is -0.194. The Morgan fingerprint density at radius 1 is 1.33 bits per heavy atom. The number of benzene rings is 1. The number of nitrogens with zero attached hydrogens (tertiary/aromatic N) is 3. The third-order valence-corrected chi connectivity index (χ3v) is 4.36. The molecule has 0 amide bonds. The van der Waals surface area contributed by atoms with E-state index in [0.29, 0.717) is 6.54 Å². The first kappa shape index (κ1) is 18.7. The van der Waals surface area contributed by atoms with Crippen LogP contribution in [-0.4, -0.2) is 36.7 Å². The summed E-state index contributed by atoms with van der Waals surface area (Å²) in [5.74, 6) is 0.613. The molecule has 1 fully saturated rings. The Morgan fingerprint density at radius 3 is 2.58 bits per heavy atom. The number of halogens is 2. The van der Waals surface area contributed by atoms with Gasteiger partial charge in [0.15, 0.2) is 5.96 Å². The topological polar surface area (TPSA) is 53.7 Å². The molecule has 130 valence electrons. The summed E-state index contributed by atoms with van der Waals surface area (Å²) in [5, 5.41) is 7.34. The standard InChI is InChI=1S/C17H21FN4O.HI/c1-19-16(22(2)11-15-7-10-23-21-15)20-12-17(8-9-17)13-3-5-14(18)6-4-13;/h3-7,10H,8-9,11-12H2,1-2H3,(H,19,20);1H. The number of hydrogen-bond acceptors (Lipinski definition) is 3. The van der Waals surface area contributed by atoms with Crippen molar-refractivity contribution < 1.29 is 8.91 Å². The van der Waals surface area contributed by atoms with Gasteiger partial charge in [-0.3, -0.25) is 4.99 Å². The number of aromatic nitrogens is 1. The average Bonchev–Trinajstić information content (AvgIpc) is 3.16. The van der Waals surface area contributed by atoms with Crippen molar-refractivity contribution >= 4 is 29.9 Å². The summed E-state index contributed by atoms with van der Waals surface area (Å²) >= 11 is 0. The maximum absolute atomic E-state index is 13.1. The van der Waals surface area contributed by atoms with Crippen molar-refractivity contribution in [3.8, 4) is 0 Å². The second-order valence-corrected chi connectivity index (χ2v) is 6.03. The number of aliphatic imine (C=N–C) groups is 1. The molecular formula is C17H22FIN4O. The maximum Gasteiger partial charge on any atom is 0.193 e. The van der Waals surface area contributed by atoms with Gasteiger partial charge in [-0.25, -0.2) is 4.39 Å². The second-order valence-electron chi connectivity index (χ2n) is 6.03. The van der Waals surface area contributed by atoms with Gasteiger partial charge in [0.2, 0.25) is 0 Å². The van der Waals surface area contributed by atoms with E-state index in [4.69, 9.17) is 4.52 Å². The Kier molecular flexibility index (Phi) is 6.20. The van der Waals surface area contributed by atoms with Crippen LogP contribution in [0.25, 0.3) is 0 Å². The van der Waals surface area contributed by atoms with E-state index in [9.17, 15) is 4.39 Å². The average molecular weight is 444 g/mol. The molecule has 1 saturated carbocycles. The minimum Gasteiger partial charge on any atom is -0.364 e. The third-order valence-electron chi connectivity index (χ3n) is 4.36. The fraction of sp³-hybridized carbons (Fsp3) is 0.412. The zero-order valence-corrected chi connectivity index (χ0v) is 16.2. The summed E-state index contributed by atoms with van der Waals surface area (Å²) in [6.07, 6.45) is 3.78. The van der Waals surface area contributed by atoms with E-state index >= 15 is 0 Å². The van der Waals surface area contributed by atoms with Crippen LogP contribution in [0.1, 0.15) is 24.1 Å². The van der Waals surface area contributed by atoms with Crippen molar-refractivity contribution in [3.63, 3.8) is 0 Å². The largest absolute Gasteiger partial charge is 0.364 e. The molecule has 1 N–H and O–H groups in total. The van der Waals surface area contributed by atoms with Crippen molar-refractivity contribution in [3.05, 3.63) is 53.7 Å². The Balaban J connectivity index is 0.00000208. The second kappa shape index (κ2) is 7.96. The lowest BCUT2D eigenvalue weighted by Gasteiger charge is -2.24. The summed E-state index contributed by atoms with van der Waals surface area (Å²) in [4.78, 5) is 6.32. The third kappa shape index (κ3) is 4.25. The minimum absolute atomic E-state index is 0. The van der Waals surface area contributed by atoms with Gasteiger partial charge in [-0.05, 0) is 30.5 Å². The van der Waals surface area contributed by atoms with Gasteiger partial charge in [-0.15, -0.1) is 24.0 Å². The first-order chi connectivity index (χ1) is 11.1. The highest BCUT2D eigenvalue weighted by molar-refractivity contribution is 14.0. The smallest absolute Gasteiger partial charge is 0.193 e. The normalized spacial score (nSPS) is 15.5. The van der Waals surface area contributed by atoms with E-state index in [1.54, 1.807) is 13.3 Å². The van der Waals surface area contributed by atoms with Crippen molar-refractivity contribution in [1.82, 2.24) is 15.4 Å². The van der Waals surface area contributed by atoms with E-state index in [0.717, 1.165) is 31.0 Å². The molecule has 0 unspecified atom stereocenters. The maximum atomic E-state index is 13.1. The molecule has 7 heteroatoms. The predicted octanol–water partition coefficient (Wildman–Crippen LogP) is 3.17. The van der Waals surface area contributed by atoms with E-state index in [1.807, 2.05) is 30.1 Å². The number of hydrogen-bond donors (Lipinski definition) is 1. The lowest BCUT2D eigenvalue weighted by molar-refractivity contribution is 0.390. The Hall–Kier alpha value is -1.64. The van der Waals surface area contributed by atoms with Crippen molar-refractivity contribution in [2.24, 2.45) is 4.99 Å². The fourth-order valence-electron chi connectivity index (χ4n) is 2.79. The molecule has 24 heavy (non-hydrogen) atoms. The monoisotopic (exact) mass is 444 g/mol. The molecular weight excluding hydrogens is 422 g/mol. The van der Waals surface area contributed by atoms with Gasteiger partial charge in [-0.1, -0.05) is 17.3 Å². The fourth-order valence-corrected chi connectivity index (χ4v) is 2.79. The van der Waals surface area contributed by atoms with E-state index in [-0.39, 0.29) is 35.2 Å². The number of guanidine groups is 1. The van der Waals surface area contributed by atoms with Crippen LogP contribution in [0.5, 0.6) is 0 Å². The van der Waals surface area contributed by atoms with Gasteiger partial charge in [0.25, 0.3) is 0 Å². The van der Waals surface area contributed by atoms with Crippen LogP contribution < -0.4 is 5.32 Å². The van der Waals surface area contributed by atoms with Crippen LogP contribution in [0.3, 0.4) is 0 Å². The zero-order valence-electron chi connectivity index (χ0n) is 13.8. The van der Waals surface area contributed by atoms with Crippen molar-refractivity contribution in [2.75, 3.05) is 20.6 Å². The highest BCUT2D eigenvalue weighted by atomic mass is 127. The lowest BCUT2D eigenvalue weighted by atomic mass is 9.96. The first-order valence-electron chi connectivity index (χ1n) is 7.70. The van der Waals surface area contributed by atoms with Crippen molar-refractivity contribution in [2.45, 2.75) is 24.8 Å². The molecule has 2 aromatic rings.